The van der Waals surface area contributed by atoms with Gasteiger partial charge in [-0.2, -0.15) is 0 Å². The summed E-state index contributed by atoms with van der Waals surface area (Å²) in [6, 6.07) is 3.78. The van der Waals surface area contributed by atoms with Crippen molar-refractivity contribution in [3.63, 3.8) is 0 Å². The quantitative estimate of drug-likeness (QED) is 0.657. The second-order valence-electron chi connectivity index (χ2n) is 3.30. The molecule has 2 heterocycles. The predicted molar refractivity (Wildman–Crippen MR) is 52.6 cm³/mol. The molecule has 1 aliphatic heterocycles. The Bertz CT molecular complexity index is 486. The highest BCUT2D eigenvalue weighted by molar-refractivity contribution is 6.20. The number of allylic oxidation sites excluding steroid dienone is 3. The molecule has 0 aromatic carbocycles. The number of carbonyl (C=O) groups excluding carboxylic acids is 1. The summed E-state index contributed by atoms with van der Waals surface area (Å²) in [6.07, 6.45) is 5.64. The fraction of sp³-hybridized carbons (Fsp3) is 0.0909. The molecule has 3 nitrogen and oxygen atoms in total. The fourth-order valence-corrected chi connectivity index (χ4v) is 1.87. The molecule has 1 aromatic heterocycles. The highest BCUT2D eigenvalue weighted by atomic mass is 16.1. The molecule has 3 heteroatoms. The van der Waals surface area contributed by atoms with Crippen molar-refractivity contribution in [1.29, 1.82) is 0 Å². The number of aromatic nitrogens is 1. The van der Waals surface area contributed by atoms with Crippen molar-refractivity contribution in [3.05, 3.63) is 47.4 Å². The average Bonchev–Trinajstić information content (AvgIpc) is 2.55. The highest BCUT2D eigenvalue weighted by Crippen LogP contribution is 2.31. The van der Waals surface area contributed by atoms with Crippen molar-refractivity contribution in [1.82, 2.24) is 10.3 Å². The third-order valence-electron chi connectivity index (χ3n) is 2.49. The predicted octanol–water partition coefficient (Wildman–Crippen LogP) is 1.15. The SMILES string of the molecule is O=C1C2=C(C=CCN2)c2cccnc21. The number of hydrogen-bond acceptors (Lipinski definition) is 3. The van der Waals surface area contributed by atoms with Gasteiger partial charge in [0.1, 0.15) is 5.69 Å². The molecule has 1 aromatic rings. The van der Waals surface area contributed by atoms with Gasteiger partial charge in [0.15, 0.2) is 0 Å². The molecule has 3 rings (SSSR count). The lowest BCUT2D eigenvalue weighted by molar-refractivity contribution is 0.102. The molecule has 14 heavy (non-hydrogen) atoms. The van der Waals surface area contributed by atoms with Crippen molar-refractivity contribution in [2.75, 3.05) is 6.54 Å². The third kappa shape index (κ3) is 0.812. The van der Waals surface area contributed by atoms with Crippen LogP contribution in [0.1, 0.15) is 16.1 Å². The van der Waals surface area contributed by atoms with E-state index in [1.54, 1.807) is 6.20 Å². The van der Waals surface area contributed by atoms with Crippen LogP contribution in [0.25, 0.3) is 5.57 Å². The van der Waals surface area contributed by atoms with Crippen LogP contribution in [0.4, 0.5) is 0 Å². The Morgan fingerprint density at radius 2 is 2.36 bits per heavy atom. The molecule has 0 fully saturated rings. The molecule has 0 saturated heterocycles. The standard InChI is InChI=1S/C11H8N2O/c14-11-9-7(3-1-5-12-9)8-4-2-6-13-10(8)11/h1-5,13H,6H2. The van der Waals surface area contributed by atoms with E-state index in [0.717, 1.165) is 17.7 Å². The number of rotatable bonds is 0. The highest BCUT2D eigenvalue weighted by Gasteiger charge is 2.30. The number of carbonyl (C=O) groups is 1. The summed E-state index contributed by atoms with van der Waals surface area (Å²) < 4.78 is 0. The molecule has 68 valence electrons. The summed E-state index contributed by atoms with van der Waals surface area (Å²) in [5.74, 6) is 0.0138. The van der Waals surface area contributed by atoms with Crippen molar-refractivity contribution < 1.29 is 4.79 Å². The van der Waals surface area contributed by atoms with Gasteiger partial charge in [0, 0.05) is 23.9 Å². The van der Waals surface area contributed by atoms with Gasteiger partial charge in [0.25, 0.3) is 0 Å². The number of dihydropyridines is 1. The minimum absolute atomic E-state index is 0.0138. The first-order valence-electron chi connectivity index (χ1n) is 4.53. The zero-order valence-corrected chi connectivity index (χ0v) is 7.45. The van der Waals surface area contributed by atoms with E-state index in [0.29, 0.717) is 11.4 Å². The molecule has 0 amide bonds. The first-order chi connectivity index (χ1) is 6.88. The van der Waals surface area contributed by atoms with Gasteiger partial charge in [-0.15, -0.1) is 0 Å². The first kappa shape index (κ1) is 7.50. The van der Waals surface area contributed by atoms with Crippen molar-refractivity contribution >= 4 is 11.4 Å². The number of Topliss-reactive ketones (excluding diaryl/α,β-unsaturated/α-hetero) is 1. The zero-order chi connectivity index (χ0) is 9.54. The molecule has 0 radical (unpaired) electrons. The second kappa shape index (κ2) is 2.54. The summed E-state index contributed by atoms with van der Waals surface area (Å²) in [6.45, 7) is 0.721. The number of hydrogen-bond donors (Lipinski definition) is 1. The molecular weight excluding hydrogens is 176 g/mol. The van der Waals surface area contributed by atoms with Gasteiger partial charge in [-0.25, -0.2) is 0 Å². The van der Waals surface area contributed by atoms with Crippen LogP contribution in [0.3, 0.4) is 0 Å². The largest absolute Gasteiger partial charge is 0.378 e. The van der Waals surface area contributed by atoms with Gasteiger partial charge in [0.05, 0.1) is 5.70 Å². The van der Waals surface area contributed by atoms with Crippen LogP contribution in [-0.2, 0) is 0 Å². The van der Waals surface area contributed by atoms with Crippen molar-refractivity contribution in [2.24, 2.45) is 0 Å². The van der Waals surface area contributed by atoms with Crippen LogP contribution < -0.4 is 5.32 Å². The van der Waals surface area contributed by atoms with Gasteiger partial charge >= 0.3 is 0 Å². The molecule has 0 spiro atoms. The Hall–Kier alpha value is -1.90. The van der Waals surface area contributed by atoms with E-state index in [-0.39, 0.29) is 5.78 Å². The normalized spacial score (nSPS) is 17.9. The van der Waals surface area contributed by atoms with E-state index in [4.69, 9.17) is 0 Å². The lowest BCUT2D eigenvalue weighted by Gasteiger charge is -2.09. The summed E-state index contributed by atoms with van der Waals surface area (Å²) in [5.41, 5.74) is 3.18. The Morgan fingerprint density at radius 1 is 1.43 bits per heavy atom. The van der Waals surface area contributed by atoms with Crippen LogP contribution in [0.5, 0.6) is 0 Å². The molecular formula is C11H8N2O. The van der Waals surface area contributed by atoms with Crippen LogP contribution in [0, 0.1) is 0 Å². The summed E-state index contributed by atoms with van der Waals surface area (Å²) in [4.78, 5) is 15.9. The average molecular weight is 184 g/mol. The topological polar surface area (TPSA) is 42.0 Å². The maximum absolute atomic E-state index is 11.8. The van der Waals surface area contributed by atoms with E-state index in [2.05, 4.69) is 10.3 Å². The third-order valence-corrected chi connectivity index (χ3v) is 2.49. The van der Waals surface area contributed by atoms with E-state index in [1.165, 1.54) is 0 Å². The Morgan fingerprint density at radius 3 is 3.29 bits per heavy atom. The molecule has 0 atom stereocenters. The minimum atomic E-state index is 0.0138. The molecule has 1 N–H and O–H groups in total. The number of ketones is 1. The minimum Gasteiger partial charge on any atom is -0.378 e. The summed E-state index contributed by atoms with van der Waals surface area (Å²) >= 11 is 0. The van der Waals surface area contributed by atoms with Crippen LogP contribution >= 0.6 is 0 Å². The van der Waals surface area contributed by atoms with Crippen molar-refractivity contribution in [2.45, 2.75) is 0 Å². The van der Waals surface area contributed by atoms with Crippen LogP contribution in [-0.4, -0.2) is 17.3 Å². The van der Waals surface area contributed by atoms with E-state index < -0.39 is 0 Å². The Labute approximate surface area is 81.2 Å². The van der Waals surface area contributed by atoms with Gasteiger partial charge in [-0.1, -0.05) is 18.2 Å². The number of nitrogens with one attached hydrogen (secondary N) is 1. The van der Waals surface area contributed by atoms with E-state index in [1.807, 2.05) is 24.3 Å². The van der Waals surface area contributed by atoms with Gasteiger partial charge in [-0.05, 0) is 6.07 Å². The molecule has 0 bridgehead atoms. The smallest absolute Gasteiger partial charge is 0.228 e. The van der Waals surface area contributed by atoms with Crippen molar-refractivity contribution in [3.8, 4) is 0 Å². The molecule has 1 aliphatic carbocycles. The van der Waals surface area contributed by atoms with Gasteiger partial charge < -0.3 is 5.32 Å². The number of pyridine rings is 1. The second-order valence-corrected chi connectivity index (χ2v) is 3.30. The molecule has 0 unspecified atom stereocenters. The lowest BCUT2D eigenvalue weighted by Crippen LogP contribution is -2.20. The maximum Gasteiger partial charge on any atom is 0.228 e. The summed E-state index contributed by atoms with van der Waals surface area (Å²) in [7, 11) is 0. The van der Waals surface area contributed by atoms with E-state index in [9.17, 15) is 4.79 Å². The lowest BCUT2D eigenvalue weighted by atomic mass is 10.1. The first-order valence-corrected chi connectivity index (χ1v) is 4.53. The number of nitrogens with zero attached hydrogens (tertiary/aromatic N) is 1. The van der Waals surface area contributed by atoms with Gasteiger partial charge in [-0.3, -0.25) is 9.78 Å². The zero-order valence-electron chi connectivity index (χ0n) is 7.45. The van der Waals surface area contributed by atoms with E-state index >= 15 is 0 Å². The Kier molecular flexibility index (Phi) is 1.36. The molecule has 0 saturated carbocycles. The fourth-order valence-electron chi connectivity index (χ4n) is 1.87. The number of fused-ring (bicyclic) bond motifs is 2. The molecule has 2 aliphatic rings. The van der Waals surface area contributed by atoms with Crippen LogP contribution in [0.2, 0.25) is 0 Å². The Balaban J connectivity index is 2.28. The van der Waals surface area contributed by atoms with Crippen LogP contribution in [0.15, 0.2) is 36.2 Å². The summed E-state index contributed by atoms with van der Waals surface area (Å²) in [5, 5.41) is 3.08. The monoisotopic (exact) mass is 184 g/mol. The maximum atomic E-state index is 11.8. The van der Waals surface area contributed by atoms with Gasteiger partial charge in [0.2, 0.25) is 5.78 Å².